The van der Waals surface area contributed by atoms with Crippen LogP contribution in [0, 0.1) is 0 Å². The molecule has 0 aliphatic carbocycles. The van der Waals surface area contributed by atoms with Gasteiger partial charge in [-0.1, -0.05) is 42.4 Å². The van der Waals surface area contributed by atoms with Crippen LogP contribution in [0.1, 0.15) is 46.8 Å². The van der Waals surface area contributed by atoms with Gasteiger partial charge in [-0.05, 0) is 36.0 Å². The van der Waals surface area contributed by atoms with E-state index in [0.29, 0.717) is 38.9 Å². The molecule has 168 valence electrons. The Morgan fingerprint density at radius 1 is 1.25 bits per heavy atom. The lowest BCUT2D eigenvalue weighted by molar-refractivity contribution is -0.143. The monoisotopic (exact) mass is 436 g/mol. The third-order valence-corrected chi connectivity index (χ3v) is 6.13. The first-order valence-electron chi connectivity index (χ1n) is 11.0. The zero-order chi connectivity index (χ0) is 22.7. The van der Waals surface area contributed by atoms with Crippen molar-refractivity contribution < 1.29 is 14.4 Å². The molecule has 0 radical (unpaired) electrons. The highest BCUT2D eigenvalue weighted by Gasteiger charge is 2.34. The number of hydrogen-bond acceptors (Lipinski definition) is 5. The number of benzene rings is 1. The van der Waals surface area contributed by atoms with E-state index in [2.05, 4.69) is 10.5 Å². The van der Waals surface area contributed by atoms with Crippen LogP contribution in [-0.4, -0.2) is 46.7 Å². The summed E-state index contributed by atoms with van der Waals surface area (Å²) < 4.78 is 1.59. The molecule has 8 nitrogen and oxygen atoms in total. The minimum atomic E-state index is -0.589. The number of fused-ring (bicyclic) bond motifs is 1. The number of carbonyl (C=O) groups is 2. The summed E-state index contributed by atoms with van der Waals surface area (Å²) >= 11 is 0. The van der Waals surface area contributed by atoms with Crippen molar-refractivity contribution >= 4 is 17.5 Å². The fourth-order valence-corrected chi connectivity index (χ4v) is 4.29. The van der Waals surface area contributed by atoms with Crippen LogP contribution in [0.4, 0.5) is 0 Å². The summed E-state index contributed by atoms with van der Waals surface area (Å²) in [6.45, 7) is 3.21. The number of pyridine rings is 1. The molecule has 2 aromatic rings. The van der Waals surface area contributed by atoms with Gasteiger partial charge >= 0.3 is 0 Å². The van der Waals surface area contributed by atoms with E-state index < -0.39 is 6.10 Å². The molecule has 3 heterocycles. The fraction of sp³-hybridized carbons (Fsp3) is 0.417. The van der Waals surface area contributed by atoms with Gasteiger partial charge in [-0.15, -0.1) is 0 Å². The van der Waals surface area contributed by atoms with Crippen molar-refractivity contribution in [3.8, 4) is 0 Å². The summed E-state index contributed by atoms with van der Waals surface area (Å²) in [6.07, 6.45) is 3.61. The van der Waals surface area contributed by atoms with Crippen LogP contribution < -0.4 is 10.9 Å². The number of aryl methyl sites for hydroxylation is 2. The highest BCUT2D eigenvalue weighted by Crippen LogP contribution is 2.24. The third-order valence-electron chi connectivity index (χ3n) is 6.13. The second-order valence-corrected chi connectivity index (χ2v) is 8.14. The quantitative estimate of drug-likeness (QED) is 0.748. The van der Waals surface area contributed by atoms with E-state index in [1.807, 2.05) is 37.3 Å². The maximum atomic E-state index is 13.1. The normalized spacial score (nSPS) is 17.4. The molecule has 0 fully saturated rings. The van der Waals surface area contributed by atoms with Crippen LogP contribution in [0.25, 0.3) is 0 Å². The second kappa shape index (κ2) is 9.38. The molecule has 2 aliphatic heterocycles. The maximum Gasteiger partial charge on any atom is 0.267 e. The van der Waals surface area contributed by atoms with Crippen LogP contribution in [-0.2, 0) is 35.6 Å². The van der Waals surface area contributed by atoms with Gasteiger partial charge in [0.25, 0.3) is 17.4 Å². The topological polar surface area (TPSA) is 93.0 Å². The molecule has 1 N–H and O–H groups in total. The summed E-state index contributed by atoms with van der Waals surface area (Å²) in [5.41, 5.74) is 3.44. The summed E-state index contributed by atoms with van der Waals surface area (Å²) in [5, 5.41) is 6.59. The van der Waals surface area contributed by atoms with Gasteiger partial charge in [-0.3, -0.25) is 14.4 Å². The van der Waals surface area contributed by atoms with Gasteiger partial charge < -0.3 is 19.6 Å². The van der Waals surface area contributed by atoms with Crippen molar-refractivity contribution in [3.63, 3.8) is 0 Å². The number of nitrogens with zero attached hydrogens (tertiary/aromatic N) is 3. The number of carbonyl (C=O) groups excluding carboxylic acids is 2. The van der Waals surface area contributed by atoms with Gasteiger partial charge in [0, 0.05) is 39.3 Å². The minimum absolute atomic E-state index is 0.105. The van der Waals surface area contributed by atoms with Gasteiger partial charge in [0.2, 0.25) is 6.10 Å². The molecule has 0 saturated heterocycles. The average Bonchev–Trinajstić information content (AvgIpc) is 3.31. The molecule has 0 spiro atoms. The van der Waals surface area contributed by atoms with Crippen molar-refractivity contribution in [2.24, 2.45) is 5.16 Å². The molecule has 1 aromatic carbocycles. The number of amides is 2. The first-order valence-corrected chi connectivity index (χ1v) is 11.0. The molecular weight excluding hydrogens is 408 g/mol. The predicted molar refractivity (Wildman–Crippen MR) is 121 cm³/mol. The molecular formula is C24H28N4O4. The Hall–Kier alpha value is -3.42. The number of hydrogen-bond donors (Lipinski definition) is 1. The molecule has 1 unspecified atom stereocenters. The lowest BCUT2D eigenvalue weighted by atomic mass is 9.95. The minimum Gasteiger partial charge on any atom is -0.382 e. The molecule has 1 aromatic heterocycles. The molecule has 8 heteroatoms. The van der Waals surface area contributed by atoms with E-state index in [1.54, 1.807) is 15.7 Å². The van der Waals surface area contributed by atoms with Crippen LogP contribution >= 0.6 is 0 Å². The summed E-state index contributed by atoms with van der Waals surface area (Å²) in [7, 11) is 1.52. The lowest BCUT2D eigenvalue weighted by Crippen LogP contribution is -2.44. The molecule has 0 bridgehead atoms. The van der Waals surface area contributed by atoms with E-state index in [-0.39, 0.29) is 22.9 Å². The van der Waals surface area contributed by atoms with E-state index in [4.69, 9.17) is 4.84 Å². The number of oxime groups is 1. The van der Waals surface area contributed by atoms with E-state index >= 15 is 0 Å². The van der Waals surface area contributed by atoms with Gasteiger partial charge in [0.1, 0.15) is 5.56 Å². The Labute approximate surface area is 186 Å². The standard InChI is InChI=1S/C24H28N4O4/c1-3-18-13-20(32-26-18)23(30)27-12-10-19-17(14-27)15-28(24(31)21(19)22(29)25-2)11-9-16-7-5-4-6-8-16/h4-8,15,20H,3,9-14H2,1-2H3,(H,25,29). The molecule has 4 rings (SSSR count). The first kappa shape index (κ1) is 21.8. The fourth-order valence-electron chi connectivity index (χ4n) is 4.29. The predicted octanol–water partition coefficient (Wildman–Crippen LogP) is 1.89. The smallest absolute Gasteiger partial charge is 0.267 e. The summed E-state index contributed by atoms with van der Waals surface area (Å²) in [5.74, 6) is -0.494. The lowest BCUT2D eigenvalue weighted by Gasteiger charge is -2.31. The van der Waals surface area contributed by atoms with Crippen LogP contribution in [0.2, 0.25) is 0 Å². The number of rotatable bonds is 6. The zero-order valence-electron chi connectivity index (χ0n) is 18.5. The van der Waals surface area contributed by atoms with Crippen molar-refractivity contribution in [1.82, 2.24) is 14.8 Å². The van der Waals surface area contributed by atoms with E-state index in [1.165, 1.54) is 7.05 Å². The van der Waals surface area contributed by atoms with Crippen LogP contribution in [0.15, 0.2) is 46.5 Å². The molecule has 0 saturated carbocycles. The number of nitrogens with one attached hydrogen (secondary N) is 1. The zero-order valence-corrected chi connectivity index (χ0v) is 18.5. The maximum absolute atomic E-state index is 13.1. The summed E-state index contributed by atoms with van der Waals surface area (Å²) in [4.78, 5) is 45.8. The highest BCUT2D eigenvalue weighted by molar-refractivity contribution is 5.96. The van der Waals surface area contributed by atoms with Gasteiger partial charge in [0.05, 0.1) is 5.71 Å². The Kier molecular flexibility index (Phi) is 6.39. The Bertz CT molecular complexity index is 1110. The number of aromatic nitrogens is 1. The largest absolute Gasteiger partial charge is 0.382 e. The molecule has 32 heavy (non-hydrogen) atoms. The molecule has 2 amide bonds. The average molecular weight is 437 g/mol. The van der Waals surface area contributed by atoms with Crippen molar-refractivity contribution in [3.05, 3.63) is 69.1 Å². The van der Waals surface area contributed by atoms with E-state index in [9.17, 15) is 14.4 Å². The second-order valence-electron chi connectivity index (χ2n) is 8.14. The van der Waals surface area contributed by atoms with Crippen molar-refractivity contribution in [1.29, 1.82) is 0 Å². The van der Waals surface area contributed by atoms with Crippen molar-refractivity contribution in [2.45, 2.75) is 51.8 Å². The third kappa shape index (κ3) is 4.30. The van der Waals surface area contributed by atoms with E-state index in [0.717, 1.165) is 28.8 Å². The Balaban J connectivity index is 1.60. The summed E-state index contributed by atoms with van der Waals surface area (Å²) in [6, 6.07) is 9.90. The SMILES string of the molecule is CCC1=NOC(C(=O)N2CCc3c(cn(CCc4ccccc4)c(=O)c3C(=O)NC)C2)C1. The van der Waals surface area contributed by atoms with Crippen LogP contribution in [0.3, 0.4) is 0 Å². The Morgan fingerprint density at radius 3 is 2.72 bits per heavy atom. The van der Waals surface area contributed by atoms with Crippen LogP contribution in [0.5, 0.6) is 0 Å². The molecule has 2 aliphatic rings. The first-order chi connectivity index (χ1) is 15.5. The molecule has 1 atom stereocenters. The van der Waals surface area contributed by atoms with Crippen molar-refractivity contribution in [2.75, 3.05) is 13.6 Å². The van der Waals surface area contributed by atoms with Gasteiger partial charge in [-0.2, -0.15) is 0 Å². The van der Waals surface area contributed by atoms with Gasteiger partial charge in [0.15, 0.2) is 0 Å². The highest BCUT2D eigenvalue weighted by atomic mass is 16.6. The Morgan fingerprint density at radius 2 is 2.03 bits per heavy atom. The van der Waals surface area contributed by atoms with Gasteiger partial charge in [-0.25, -0.2) is 0 Å².